The lowest BCUT2D eigenvalue weighted by Crippen LogP contribution is -2.15. The van der Waals surface area contributed by atoms with Gasteiger partial charge >= 0.3 is 5.97 Å². The summed E-state index contributed by atoms with van der Waals surface area (Å²) in [6.07, 6.45) is 0. The molecule has 29 heavy (non-hydrogen) atoms. The molecule has 0 unspecified atom stereocenters. The van der Waals surface area contributed by atoms with Crippen LogP contribution in [0.2, 0.25) is 5.02 Å². The van der Waals surface area contributed by atoms with Crippen LogP contribution in [0.25, 0.3) is 10.9 Å². The first-order chi connectivity index (χ1) is 14.0. The van der Waals surface area contributed by atoms with Crippen molar-refractivity contribution in [3.8, 4) is 11.5 Å². The van der Waals surface area contributed by atoms with E-state index in [2.05, 4.69) is 0 Å². The third kappa shape index (κ3) is 3.41. The molecule has 0 aliphatic carbocycles. The second-order valence-electron chi connectivity index (χ2n) is 6.44. The average Bonchev–Trinajstić information content (AvgIpc) is 3.00. The highest BCUT2D eigenvalue weighted by Crippen LogP contribution is 2.38. The van der Waals surface area contributed by atoms with Crippen LogP contribution < -0.4 is 9.47 Å². The monoisotopic (exact) mass is 431 g/mol. The summed E-state index contributed by atoms with van der Waals surface area (Å²) in [6, 6.07) is 10.5. The molecule has 1 aliphatic heterocycles. The van der Waals surface area contributed by atoms with Gasteiger partial charge in [-0.1, -0.05) is 23.7 Å². The van der Waals surface area contributed by atoms with Gasteiger partial charge in [0.1, 0.15) is 13.2 Å². The number of halogens is 1. The molecule has 0 amide bonds. The second kappa shape index (κ2) is 7.93. The summed E-state index contributed by atoms with van der Waals surface area (Å²) in [7, 11) is 1.81. The molecule has 1 aromatic heterocycles. The molecule has 0 fully saturated rings. The Morgan fingerprint density at radius 3 is 2.45 bits per heavy atom. The number of ether oxygens (including phenoxy) is 3. The molecule has 3 aromatic rings. The highest BCUT2D eigenvalue weighted by molar-refractivity contribution is 7.67. The van der Waals surface area contributed by atoms with Crippen LogP contribution in [0.3, 0.4) is 0 Å². The highest BCUT2D eigenvalue weighted by Gasteiger charge is 2.28. The number of nitrogens with zero attached hydrogens (tertiary/aromatic N) is 1. The molecular formula is C21H18ClNO5S. The summed E-state index contributed by atoms with van der Waals surface area (Å²) in [4.78, 5) is 13.3. The minimum atomic E-state index is -0.495. The van der Waals surface area contributed by atoms with Gasteiger partial charge in [0.15, 0.2) is 11.5 Å². The van der Waals surface area contributed by atoms with E-state index in [1.807, 2.05) is 17.7 Å². The number of benzene rings is 2. The van der Waals surface area contributed by atoms with Gasteiger partial charge in [-0.25, -0.2) is 9.00 Å². The molecule has 8 heteroatoms. The van der Waals surface area contributed by atoms with Crippen molar-refractivity contribution in [3.05, 3.63) is 58.2 Å². The fraction of sp³-hybridized carbons (Fsp3) is 0.238. The fourth-order valence-corrected chi connectivity index (χ4v) is 4.15. The van der Waals surface area contributed by atoms with Crippen LogP contribution in [-0.2, 0) is 23.0 Å². The molecule has 2 aromatic carbocycles. The highest BCUT2D eigenvalue weighted by atomic mass is 35.5. The summed E-state index contributed by atoms with van der Waals surface area (Å²) < 4.78 is 30.7. The average molecular weight is 432 g/mol. The van der Waals surface area contributed by atoms with E-state index in [-0.39, 0.29) is 6.61 Å². The van der Waals surface area contributed by atoms with E-state index in [4.69, 9.17) is 25.8 Å². The largest absolute Gasteiger partial charge is 0.486 e. The topological polar surface area (TPSA) is 66.8 Å². The van der Waals surface area contributed by atoms with E-state index in [1.165, 1.54) is 0 Å². The minimum Gasteiger partial charge on any atom is -0.486 e. The first-order valence-corrected chi connectivity index (χ1v) is 10.2. The third-order valence-electron chi connectivity index (χ3n) is 4.75. The van der Waals surface area contributed by atoms with Crippen LogP contribution in [-0.4, -0.2) is 39.4 Å². The summed E-state index contributed by atoms with van der Waals surface area (Å²) in [5, 5.41) is 1.21. The van der Waals surface area contributed by atoms with Crippen molar-refractivity contribution < 1.29 is 23.2 Å². The SMILES string of the molecule is CCOC(=O)c1c(C(=S=O)c2ccc(Cl)cc2)n(C)c2cc3c(cc12)OCCO3. The number of aromatic nitrogens is 1. The van der Waals surface area contributed by atoms with Crippen LogP contribution in [0.1, 0.15) is 28.5 Å². The molecule has 0 saturated carbocycles. The predicted octanol–water partition coefficient (Wildman–Crippen LogP) is 3.56. The zero-order valence-corrected chi connectivity index (χ0v) is 17.4. The summed E-state index contributed by atoms with van der Waals surface area (Å²) in [6.45, 7) is 2.86. The van der Waals surface area contributed by atoms with Crippen molar-refractivity contribution in [1.82, 2.24) is 4.57 Å². The number of rotatable bonds is 4. The quantitative estimate of drug-likeness (QED) is 0.359. The van der Waals surface area contributed by atoms with Gasteiger partial charge in [-0.05, 0) is 30.7 Å². The summed E-state index contributed by atoms with van der Waals surface area (Å²) in [5.41, 5.74) is 2.23. The lowest BCUT2D eigenvalue weighted by Gasteiger charge is -2.18. The van der Waals surface area contributed by atoms with E-state index in [0.29, 0.717) is 68.1 Å². The molecule has 0 bridgehead atoms. The normalized spacial score (nSPS) is 12.7. The van der Waals surface area contributed by atoms with Gasteiger partial charge in [0.25, 0.3) is 0 Å². The Kier molecular flexibility index (Phi) is 5.34. The number of esters is 1. The molecule has 1 aliphatic rings. The van der Waals surface area contributed by atoms with E-state index in [0.717, 1.165) is 5.52 Å². The Morgan fingerprint density at radius 2 is 1.83 bits per heavy atom. The lowest BCUT2D eigenvalue weighted by molar-refractivity contribution is 0.0528. The van der Waals surface area contributed by atoms with Crippen LogP contribution in [0.4, 0.5) is 0 Å². The van der Waals surface area contributed by atoms with Gasteiger partial charge < -0.3 is 18.8 Å². The first kappa shape index (κ1) is 19.5. The van der Waals surface area contributed by atoms with Crippen molar-refractivity contribution in [3.63, 3.8) is 0 Å². The van der Waals surface area contributed by atoms with Gasteiger partial charge in [0.2, 0.25) is 0 Å². The Bertz CT molecular complexity index is 1160. The van der Waals surface area contributed by atoms with Gasteiger partial charge in [0.05, 0.1) is 39.5 Å². The maximum Gasteiger partial charge on any atom is 0.341 e. The standard InChI is InChI=1S/C21H18ClNO5S/c1-3-26-21(24)18-14-10-16-17(28-9-8-27-16)11-15(14)23(2)19(18)20(29-25)12-4-6-13(22)7-5-12/h4-7,10-11H,3,8-9H2,1-2H3. The zero-order chi connectivity index (χ0) is 20.5. The molecule has 0 N–H and O–H groups in total. The van der Waals surface area contributed by atoms with Crippen LogP contribution >= 0.6 is 11.6 Å². The minimum absolute atomic E-state index is 0.222. The predicted molar refractivity (Wildman–Crippen MR) is 113 cm³/mol. The van der Waals surface area contributed by atoms with E-state index >= 15 is 0 Å². The van der Waals surface area contributed by atoms with Gasteiger partial charge in [-0.3, -0.25) is 0 Å². The van der Waals surface area contributed by atoms with Gasteiger partial charge in [-0.15, -0.1) is 0 Å². The van der Waals surface area contributed by atoms with Crippen LogP contribution in [0, 0.1) is 0 Å². The molecule has 0 atom stereocenters. The van der Waals surface area contributed by atoms with Gasteiger partial charge in [0, 0.05) is 23.5 Å². The van der Waals surface area contributed by atoms with E-state index in [1.54, 1.807) is 37.3 Å². The maximum atomic E-state index is 12.9. The molecule has 150 valence electrons. The third-order valence-corrected chi connectivity index (χ3v) is 5.60. The van der Waals surface area contributed by atoms with Crippen molar-refractivity contribution >= 4 is 44.6 Å². The number of fused-ring (bicyclic) bond motifs is 2. The van der Waals surface area contributed by atoms with Crippen molar-refractivity contribution in [2.75, 3.05) is 19.8 Å². The number of hydrogen-bond acceptors (Lipinski definition) is 5. The Labute approximate surface area is 176 Å². The molecule has 4 rings (SSSR count). The number of aryl methyl sites for hydroxylation is 1. The van der Waals surface area contributed by atoms with Crippen molar-refractivity contribution in [2.24, 2.45) is 7.05 Å². The Morgan fingerprint density at radius 1 is 1.17 bits per heavy atom. The van der Waals surface area contributed by atoms with Crippen molar-refractivity contribution in [2.45, 2.75) is 6.92 Å². The molecule has 6 nitrogen and oxygen atoms in total. The first-order valence-electron chi connectivity index (χ1n) is 9.07. The molecule has 0 radical (unpaired) electrons. The number of hydrogen-bond donors (Lipinski definition) is 0. The summed E-state index contributed by atoms with van der Waals surface area (Å²) >= 11 is 6.32. The smallest absolute Gasteiger partial charge is 0.341 e. The molecular weight excluding hydrogens is 414 g/mol. The molecule has 0 spiro atoms. The maximum absolute atomic E-state index is 12.9. The Balaban J connectivity index is 2.02. The van der Waals surface area contributed by atoms with Crippen LogP contribution in [0.15, 0.2) is 36.4 Å². The number of carbonyl (C=O) groups is 1. The zero-order valence-electron chi connectivity index (χ0n) is 15.9. The second-order valence-corrected chi connectivity index (χ2v) is 7.45. The number of carbonyl (C=O) groups excluding carboxylic acids is 1. The molecule has 0 saturated heterocycles. The van der Waals surface area contributed by atoms with Crippen LogP contribution in [0.5, 0.6) is 11.5 Å². The Hall–Kier alpha value is -2.77. The van der Waals surface area contributed by atoms with E-state index in [9.17, 15) is 9.00 Å². The van der Waals surface area contributed by atoms with E-state index < -0.39 is 5.97 Å². The fourth-order valence-electron chi connectivity index (χ4n) is 3.47. The van der Waals surface area contributed by atoms with Gasteiger partial charge in [-0.2, -0.15) is 0 Å². The lowest BCUT2D eigenvalue weighted by atomic mass is 10.0. The molecule has 2 heterocycles. The van der Waals surface area contributed by atoms with Crippen molar-refractivity contribution in [1.29, 1.82) is 0 Å². The summed E-state index contributed by atoms with van der Waals surface area (Å²) in [5.74, 6) is 0.675.